The minimum Gasteiger partial charge on any atom is -0.423 e. The first-order chi connectivity index (χ1) is 28.8. The Morgan fingerprint density at radius 3 is 1.43 bits per heavy atom. The fraction of sp³-hybridized carbons (Fsp3) is 0. The van der Waals surface area contributed by atoms with Gasteiger partial charge in [-0.25, -0.2) is 9.97 Å². The van der Waals surface area contributed by atoms with Crippen LogP contribution < -0.4 is 0 Å². The molecule has 0 saturated carbocycles. The van der Waals surface area contributed by atoms with Gasteiger partial charge < -0.3 is 4.42 Å². The molecule has 0 aliphatic rings. The molecule has 0 unspecified atom stereocenters. The van der Waals surface area contributed by atoms with Crippen LogP contribution in [0.15, 0.2) is 151 Å². The van der Waals surface area contributed by atoms with E-state index in [1.54, 1.807) is 37.2 Å². The van der Waals surface area contributed by atoms with Gasteiger partial charge >= 0.3 is 5.84 Å². The minimum atomic E-state index is 0.532. The smallest absolute Gasteiger partial charge is 0.307 e. The molecule has 0 spiro atoms. The summed E-state index contributed by atoms with van der Waals surface area (Å²) in [6, 6.07) is 37.8. The summed E-state index contributed by atoms with van der Waals surface area (Å²) in [6.45, 7) is 0. The van der Waals surface area contributed by atoms with Crippen LogP contribution in [0, 0.1) is 0 Å². The van der Waals surface area contributed by atoms with Crippen molar-refractivity contribution in [3.05, 3.63) is 146 Å². The first kappa shape index (κ1) is 31.0. The van der Waals surface area contributed by atoms with E-state index >= 15 is 0 Å². The Morgan fingerprint density at radius 2 is 0.828 bits per heavy atom. The third-order valence-corrected chi connectivity index (χ3v) is 11.1. The van der Waals surface area contributed by atoms with Gasteiger partial charge in [0.15, 0.2) is 5.58 Å². The third-order valence-electron chi connectivity index (χ3n) is 11.1. The van der Waals surface area contributed by atoms with Gasteiger partial charge in [-0.15, -0.1) is 0 Å². The second kappa shape index (κ2) is 11.6. The summed E-state index contributed by atoms with van der Waals surface area (Å²) in [4.78, 5) is 44.8. The molecule has 268 valence electrons. The number of hydrogen-bond donors (Lipinski definition) is 0. The van der Waals surface area contributed by atoms with Crippen molar-refractivity contribution in [2.24, 2.45) is 0 Å². The van der Waals surface area contributed by atoms with Gasteiger partial charge in [-0.05, 0) is 51.4 Å². The lowest BCUT2D eigenvalue weighted by Gasteiger charge is -2.12. The summed E-state index contributed by atoms with van der Waals surface area (Å²) >= 11 is 0. The van der Waals surface area contributed by atoms with E-state index in [1.165, 1.54) is 0 Å². The predicted molar refractivity (Wildman–Crippen MR) is 228 cm³/mol. The summed E-state index contributed by atoms with van der Waals surface area (Å²) in [5, 5.41) is 6.04. The van der Waals surface area contributed by atoms with Crippen LogP contribution in [0.5, 0.6) is 0 Å². The van der Waals surface area contributed by atoms with E-state index in [0.29, 0.717) is 55.5 Å². The van der Waals surface area contributed by atoms with Gasteiger partial charge in [0.25, 0.3) is 0 Å². The van der Waals surface area contributed by atoms with Crippen LogP contribution in [0.1, 0.15) is 0 Å². The van der Waals surface area contributed by atoms with Crippen molar-refractivity contribution in [2.45, 2.75) is 0 Å². The molecule has 11 heteroatoms. The van der Waals surface area contributed by atoms with E-state index in [4.69, 9.17) is 49.3 Å². The van der Waals surface area contributed by atoms with Gasteiger partial charge in [0.2, 0.25) is 0 Å². The summed E-state index contributed by atoms with van der Waals surface area (Å²) in [5.41, 5.74) is 11.4. The largest absolute Gasteiger partial charge is 0.423 e. The predicted octanol–water partition coefficient (Wildman–Crippen LogP) is 10.4. The lowest BCUT2D eigenvalue weighted by Crippen LogP contribution is -1.96. The number of nitrogens with zero attached hydrogens (tertiary/aromatic N) is 10. The van der Waals surface area contributed by atoms with Crippen LogP contribution in [0.25, 0.3) is 127 Å². The molecule has 6 heterocycles. The molecular weight excluding hydrogens is 721 g/mol. The molecular formula is C47H24N10O. The second-order valence-electron chi connectivity index (χ2n) is 14.2. The maximum absolute atomic E-state index is 6.20. The van der Waals surface area contributed by atoms with Gasteiger partial charge in [0, 0.05) is 53.5 Å². The summed E-state index contributed by atoms with van der Waals surface area (Å²) in [7, 11) is 0. The standard InChI is InChI=1S/C47H24N10O/c1-3-10-30-27(8-1)29-17-16-25(26-12-7-14-34-36(26)56-47-57(34)33-13-5-6-15-35(33)58-47)24-32(29)28-9-2-4-11-31(28)38-37(30)54-45-43-41(50-20-22-52-43)39-40(49-19-18-48-39)42-44(46(45)55-38)53-23-21-51-42/h1-24H. The maximum Gasteiger partial charge on any atom is 0.307 e. The Kier molecular flexibility index (Phi) is 6.19. The van der Waals surface area contributed by atoms with Gasteiger partial charge in [0.05, 0.1) is 22.1 Å². The second-order valence-corrected chi connectivity index (χ2v) is 14.2. The van der Waals surface area contributed by atoms with Crippen molar-refractivity contribution in [1.82, 2.24) is 49.3 Å². The van der Waals surface area contributed by atoms with Crippen LogP contribution in [-0.2, 0) is 0 Å². The number of aromatic nitrogens is 10. The average molecular weight is 745 g/mol. The number of benzene rings is 5. The Morgan fingerprint density at radius 1 is 0.345 bits per heavy atom. The molecule has 0 atom stereocenters. The lowest BCUT2D eigenvalue weighted by molar-refractivity contribution is 0.643. The van der Waals surface area contributed by atoms with Crippen LogP contribution in [0.4, 0.5) is 0 Å². The van der Waals surface area contributed by atoms with Crippen molar-refractivity contribution in [3.8, 4) is 11.1 Å². The quantitative estimate of drug-likeness (QED) is 0.160. The van der Waals surface area contributed by atoms with Crippen molar-refractivity contribution < 1.29 is 4.42 Å². The first-order valence-corrected chi connectivity index (χ1v) is 18.8. The molecule has 0 aliphatic heterocycles. The topological polar surface area (TPSA) is 134 Å². The zero-order valence-electron chi connectivity index (χ0n) is 30.2. The summed E-state index contributed by atoms with van der Waals surface area (Å²) in [6.07, 6.45) is 9.93. The molecule has 0 amide bonds. The molecule has 13 aromatic rings. The molecule has 58 heavy (non-hydrogen) atoms. The van der Waals surface area contributed by atoms with E-state index in [1.807, 2.05) is 30.3 Å². The molecule has 0 radical (unpaired) electrons. The van der Waals surface area contributed by atoms with Crippen molar-refractivity contribution in [3.63, 3.8) is 0 Å². The zero-order chi connectivity index (χ0) is 37.9. The van der Waals surface area contributed by atoms with Gasteiger partial charge in [-0.1, -0.05) is 84.9 Å². The maximum atomic E-state index is 6.20. The van der Waals surface area contributed by atoms with E-state index in [-0.39, 0.29) is 0 Å². The summed E-state index contributed by atoms with van der Waals surface area (Å²) < 4.78 is 8.29. The molecule has 0 bridgehead atoms. The number of imidazole rings is 1. The Labute approximate surface area is 325 Å². The van der Waals surface area contributed by atoms with Gasteiger partial charge in [-0.3, -0.25) is 34.3 Å². The third kappa shape index (κ3) is 4.23. The Hall–Kier alpha value is -8.31. The molecule has 0 saturated heterocycles. The van der Waals surface area contributed by atoms with Crippen molar-refractivity contribution in [1.29, 1.82) is 0 Å². The Balaban J connectivity index is 1.21. The average Bonchev–Trinajstić information content (AvgIpc) is 3.84. The Bertz CT molecular complexity index is 4010. The number of oxazole rings is 1. The highest BCUT2D eigenvalue weighted by molar-refractivity contribution is 6.27. The van der Waals surface area contributed by atoms with Gasteiger partial charge in [0.1, 0.15) is 49.7 Å². The number of para-hydroxylation sites is 3. The highest BCUT2D eigenvalue weighted by atomic mass is 16.4. The number of rotatable bonds is 1. The normalized spacial score (nSPS) is 12.1. The van der Waals surface area contributed by atoms with E-state index in [2.05, 4.69) is 83.3 Å². The first-order valence-electron chi connectivity index (χ1n) is 18.8. The van der Waals surface area contributed by atoms with Crippen LogP contribution in [0.2, 0.25) is 0 Å². The highest BCUT2D eigenvalue weighted by Gasteiger charge is 2.20. The molecule has 0 N–H and O–H groups in total. The van der Waals surface area contributed by atoms with E-state index in [0.717, 1.165) is 71.1 Å². The van der Waals surface area contributed by atoms with Crippen molar-refractivity contribution in [2.75, 3.05) is 0 Å². The van der Waals surface area contributed by atoms with Crippen LogP contribution in [0.3, 0.4) is 0 Å². The molecule has 11 nitrogen and oxygen atoms in total. The molecule has 0 aliphatic carbocycles. The SMILES string of the molecule is c1ccc2c(c1)oc1nc3c(-c4ccc5c(c4)c4ccccc4c4nc6c7nccnc7c7nccnc7c7nccnc7c6nc4c4ccccc54)cccc3n12. The van der Waals surface area contributed by atoms with Gasteiger partial charge in [-0.2, -0.15) is 4.98 Å². The van der Waals surface area contributed by atoms with E-state index in [9.17, 15) is 0 Å². The minimum absolute atomic E-state index is 0.532. The lowest BCUT2D eigenvalue weighted by atomic mass is 9.94. The number of fused-ring (bicyclic) bond motifs is 21. The fourth-order valence-electron chi connectivity index (χ4n) is 8.65. The monoisotopic (exact) mass is 744 g/mol. The molecule has 6 aromatic heterocycles. The van der Waals surface area contributed by atoms with Crippen molar-refractivity contribution >= 4 is 115 Å². The fourth-order valence-corrected chi connectivity index (χ4v) is 8.65. The van der Waals surface area contributed by atoms with Crippen LogP contribution >= 0.6 is 0 Å². The molecule has 13 rings (SSSR count). The molecule has 7 aromatic carbocycles. The van der Waals surface area contributed by atoms with E-state index < -0.39 is 0 Å². The zero-order valence-corrected chi connectivity index (χ0v) is 30.2. The summed E-state index contributed by atoms with van der Waals surface area (Å²) in [5.74, 6) is 0.564. The highest BCUT2D eigenvalue weighted by Crippen LogP contribution is 2.40. The number of hydrogen-bond acceptors (Lipinski definition) is 10. The van der Waals surface area contributed by atoms with Crippen LogP contribution in [-0.4, -0.2) is 49.3 Å². The molecule has 0 fully saturated rings.